The van der Waals surface area contributed by atoms with Gasteiger partial charge in [-0.3, -0.25) is 14.9 Å². The Morgan fingerprint density at radius 1 is 1.33 bits per heavy atom. The van der Waals surface area contributed by atoms with E-state index in [9.17, 15) is 14.9 Å². The summed E-state index contributed by atoms with van der Waals surface area (Å²) in [5.74, 6) is -0.961. The Morgan fingerprint density at radius 2 is 2.00 bits per heavy atom. The summed E-state index contributed by atoms with van der Waals surface area (Å²) in [6.45, 7) is 3.90. The quantitative estimate of drug-likeness (QED) is 0.651. The molecule has 126 valence electrons. The minimum absolute atomic E-state index is 0.169. The molecule has 2 aliphatic rings. The van der Waals surface area contributed by atoms with Crippen molar-refractivity contribution >= 4 is 17.4 Å². The summed E-state index contributed by atoms with van der Waals surface area (Å²) in [5, 5.41) is 11.9. The van der Waals surface area contributed by atoms with E-state index in [1.807, 2.05) is 13.8 Å². The van der Waals surface area contributed by atoms with Crippen molar-refractivity contribution in [2.45, 2.75) is 32.6 Å². The van der Waals surface area contributed by atoms with Gasteiger partial charge >= 0.3 is 5.70 Å². The number of nitrogens with two attached hydrogens (primary N) is 1. The van der Waals surface area contributed by atoms with E-state index in [1.165, 1.54) is 0 Å². The summed E-state index contributed by atoms with van der Waals surface area (Å²) in [6, 6.07) is 6.76. The standard InChI is InChI=1S/C17H17ClN2O4/c1-17(2)7-11(21)14-12(8-17)24-16(19)15(20(22)23)13(14)9-5-3-4-6-10(9)18/h3-6,13H,7-8,19H2,1-2H3/t13-/m1/s1. The fraction of sp³-hybridized carbons (Fsp3) is 0.353. The van der Waals surface area contributed by atoms with Crippen LogP contribution in [0.3, 0.4) is 0 Å². The maximum Gasteiger partial charge on any atom is 0.317 e. The van der Waals surface area contributed by atoms with E-state index in [4.69, 9.17) is 22.1 Å². The van der Waals surface area contributed by atoms with Crippen LogP contribution in [-0.4, -0.2) is 10.7 Å². The van der Waals surface area contributed by atoms with Crippen molar-refractivity contribution in [1.29, 1.82) is 0 Å². The largest absolute Gasteiger partial charge is 0.440 e. The van der Waals surface area contributed by atoms with Gasteiger partial charge in [-0.1, -0.05) is 43.6 Å². The number of ether oxygens (including phenoxy) is 1. The van der Waals surface area contributed by atoms with E-state index in [0.29, 0.717) is 34.8 Å². The van der Waals surface area contributed by atoms with E-state index in [-0.39, 0.29) is 22.8 Å². The Kier molecular flexibility index (Phi) is 3.87. The minimum Gasteiger partial charge on any atom is -0.440 e. The van der Waals surface area contributed by atoms with Crippen LogP contribution in [0.1, 0.15) is 38.2 Å². The molecule has 1 atom stereocenters. The van der Waals surface area contributed by atoms with Gasteiger partial charge in [0.15, 0.2) is 5.78 Å². The van der Waals surface area contributed by atoms with E-state index in [1.54, 1.807) is 24.3 Å². The second-order valence-electron chi connectivity index (χ2n) is 6.84. The van der Waals surface area contributed by atoms with Gasteiger partial charge < -0.3 is 10.5 Å². The molecule has 2 N–H and O–H groups in total. The fourth-order valence-electron chi connectivity index (χ4n) is 3.36. The number of Topliss-reactive ketones (excluding diaryl/α,β-unsaturated/α-hetero) is 1. The maximum atomic E-state index is 12.7. The van der Waals surface area contributed by atoms with Crippen LogP contribution < -0.4 is 5.73 Å². The third kappa shape index (κ3) is 2.67. The molecule has 0 radical (unpaired) electrons. The molecule has 1 aromatic rings. The number of rotatable bonds is 2. The lowest BCUT2D eigenvalue weighted by Crippen LogP contribution is -2.35. The van der Waals surface area contributed by atoms with Gasteiger partial charge in [0.25, 0.3) is 5.88 Å². The van der Waals surface area contributed by atoms with Gasteiger partial charge in [-0.2, -0.15) is 0 Å². The predicted molar refractivity (Wildman–Crippen MR) is 88.5 cm³/mol. The highest BCUT2D eigenvalue weighted by Crippen LogP contribution is 2.49. The SMILES string of the molecule is CC1(C)CC(=O)C2=C(C1)OC(N)=C([N+](=O)[O-])[C@@H]2c1ccccc1Cl. The molecule has 0 amide bonds. The second kappa shape index (κ2) is 5.63. The zero-order valence-corrected chi connectivity index (χ0v) is 14.1. The summed E-state index contributed by atoms with van der Waals surface area (Å²) in [5.41, 5.74) is 5.98. The molecule has 7 heteroatoms. The smallest absolute Gasteiger partial charge is 0.317 e. The van der Waals surface area contributed by atoms with E-state index < -0.39 is 10.8 Å². The van der Waals surface area contributed by atoms with E-state index >= 15 is 0 Å². The van der Waals surface area contributed by atoms with Crippen LogP contribution in [0, 0.1) is 15.5 Å². The van der Waals surface area contributed by atoms with Crippen LogP contribution in [0.4, 0.5) is 0 Å². The molecule has 0 spiro atoms. The summed E-state index contributed by atoms with van der Waals surface area (Å²) in [7, 11) is 0. The maximum absolute atomic E-state index is 12.7. The Balaban J connectivity index is 2.24. The molecule has 0 unspecified atom stereocenters. The monoisotopic (exact) mass is 348 g/mol. The first kappa shape index (κ1) is 16.5. The number of carbonyl (C=O) groups is 1. The van der Waals surface area contributed by atoms with Crippen LogP contribution >= 0.6 is 11.6 Å². The molecule has 1 aliphatic carbocycles. The molecule has 0 bridgehead atoms. The minimum atomic E-state index is -0.916. The number of hydrogen-bond acceptors (Lipinski definition) is 5. The van der Waals surface area contributed by atoms with Crippen molar-refractivity contribution in [1.82, 2.24) is 0 Å². The molecule has 6 nitrogen and oxygen atoms in total. The van der Waals surface area contributed by atoms with Crippen molar-refractivity contribution in [2.75, 3.05) is 0 Å². The molecular formula is C17H17ClN2O4. The lowest BCUT2D eigenvalue weighted by Gasteiger charge is -2.36. The highest BCUT2D eigenvalue weighted by Gasteiger charge is 2.47. The van der Waals surface area contributed by atoms with E-state index in [2.05, 4.69) is 0 Å². The fourth-order valence-corrected chi connectivity index (χ4v) is 3.61. The van der Waals surface area contributed by atoms with Crippen LogP contribution in [0.5, 0.6) is 0 Å². The molecule has 0 saturated heterocycles. The highest BCUT2D eigenvalue weighted by atomic mass is 35.5. The Morgan fingerprint density at radius 3 is 2.62 bits per heavy atom. The molecule has 0 aromatic heterocycles. The van der Waals surface area contributed by atoms with Crippen molar-refractivity contribution < 1.29 is 14.5 Å². The van der Waals surface area contributed by atoms with Gasteiger partial charge in [0.1, 0.15) is 11.7 Å². The zero-order valence-electron chi connectivity index (χ0n) is 13.3. The zero-order chi connectivity index (χ0) is 17.6. The van der Waals surface area contributed by atoms with Gasteiger partial charge in [-0.25, -0.2) is 0 Å². The summed E-state index contributed by atoms with van der Waals surface area (Å²) >= 11 is 6.25. The Labute approximate surface area is 144 Å². The lowest BCUT2D eigenvalue weighted by atomic mass is 9.71. The number of nitro groups is 1. The second-order valence-corrected chi connectivity index (χ2v) is 7.25. The van der Waals surface area contributed by atoms with Crippen molar-refractivity contribution in [2.24, 2.45) is 11.1 Å². The summed E-state index contributed by atoms with van der Waals surface area (Å²) in [4.78, 5) is 23.7. The average Bonchev–Trinajstić information content (AvgIpc) is 2.44. The molecular weight excluding hydrogens is 332 g/mol. The number of nitrogens with zero attached hydrogens (tertiary/aromatic N) is 1. The molecule has 0 fully saturated rings. The van der Waals surface area contributed by atoms with Gasteiger partial charge in [-0.05, 0) is 17.0 Å². The number of carbonyl (C=O) groups excluding carboxylic acids is 1. The third-order valence-corrected chi connectivity index (χ3v) is 4.68. The van der Waals surface area contributed by atoms with Crippen molar-refractivity contribution in [3.63, 3.8) is 0 Å². The first-order valence-electron chi connectivity index (χ1n) is 7.54. The van der Waals surface area contributed by atoms with Gasteiger partial charge in [-0.15, -0.1) is 0 Å². The van der Waals surface area contributed by atoms with Crippen LogP contribution in [0.25, 0.3) is 0 Å². The number of benzene rings is 1. The lowest BCUT2D eigenvalue weighted by molar-refractivity contribution is -0.433. The highest BCUT2D eigenvalue weighted by molar-refractivity contribution is 6.31. The summed E-state index contributed by atoms with van der Waals surface area (Å²) < 4.78 is 5.49. The molecule has 1 aliphatic heterocycles. The number of ketones is 1. The van der Waals surface area contributed by atoms with Crippen LogP contribution in [0.15, 0.2) is 47.2 Å². The van der Waals surface area contributed by atoms with Gasteiger partial charge in [0, 0.05) is 17.9 Å². The topological polar surface area (TPSA) is 95.5 Å². The van der Waals surface area contributed by atoms with Crippen molar-refractivity contribution in [3.05, 3.63) is 67.9 Å². The Hall–Kier alpha value is -2.34. The van der Waals surface area contributed by atoms with Crippen LogP contribution in [-0.2, 0) is 9.53 Å². The Bertz CT molecular complexity index is 811. The molecule has 24 heavy (non-hydrogen) atoms. The van der Waals surface area contributed by atoms with Gasteiger partial charge in [0.05, 0.1) is 10.5 Å². The van der Waals surface area contributed by atoms with E-state index in [0.717, 1.165) is 0 Å². The van der Waals surface area contributed by atoms with Crippen LogP contribution in [0.2, 0.25) is 5.02 Å². The first-order chi connectivity index (χ1) is 11.2. The predicted octanol–water partition coefficient (Wildman–Crippen LogP) is 3.50. The first-order valence-corrected chi connectivity index (χ1v) is 7.91. The average molecular weight is 349 g/mol. The number of halogens is 1. The normalized spacial score (nSPS) is 23.0. The molecule has 3 rings (SSSR count). The number of hydrogen-bond donors (Lipinski definition) is 1. The van der Waals surface area contributed by atoms with Gasteiger partial charge in [0.2, 0.25) is 0 Å². The molecule has 0 saturated carbocycles. The van der Waals surface area contributed by atoms with Crippen molar-refractivity contribution in [3.8, 4) is 0 Å². The molecule has 1 heterocycles. The number of allylic oxidation sites excluding steroid dienone is 2. The third-order valence-electron chi connectivity index (χ3n) is 4.34. The molecule has 1 aromatic carbocycles. The summed E-state index contributed by atoms with van der Waals surface area (Å²) in [6.07, 6.45) is 0.780.